The molecule has 0 atom stereocenters. The van der Waals surface area contributed by atoms with Crippen molar-refractivity contribution < 1.29 is 9.47 Å². The van der Waals surface area contributed by atoms with Crippen molar-refractivity contribution in [3.05, 3.63) is 23.8 Å². The van der Waals surface area contributed by atoms with E-state index in [0.717, 1.165) is 24.6 Å². The Balaban J connectivity index is 2.39. The summed E-state index contributed by atoms with van der Waals surface area (Å²) in [6, 6.07) is 5.98. The minimum Gasteiger partial charge on any atom is -0.497 e. The molecule has 1 aromatic rings. The number of hydrogen-bond acceptors (Lipinski definition) is 4. The molecule has 1 saturated heterocycles. The van der Waals surface area contributed by atoms with Crippen LogP contribution in [0.4, 0.5) is 0 Å². The summed E-state index contributed by atoms with van der Waals surface area (Å²) in [7, 11) is 3.35. The quantitative estimate of drug-likeness (QED) is 0.803. The molecule has 0 bridgehead atoms. The van der Waals surface area contributed by atoms with E-state index in [0.29, 0.717) is 0 Å². The molecule has 0 saturated carbocycles. The molecule has 0 aliphatic carbocycles. The van der Waals surface area contributed by atoms with Gasteiger partial charge in [0, 0.05) is 30.1 Å². The summed E-state index contributed by atoms with van der Waals surface area (Å²) in [5.41, 5.74) is 7.58. The summed E-state index contributed by atoms with van der Waals surface area (Å²) in [5.74, 6) is 1.70. The van der Waals surface area contributed by atoms with E-state index in [1.54, 1.807) is 14.2 Å². The largest absolute Gasteiger partial charge is 0.497 e. The monoisotopic (exact) mass is 222 g/mol. The Morgan fingerprint density at radius 2 is 1.81 bits per heavy atom. The van der Waals surface area contributed by atoms with Crippen LogP contribution in [0, 0.1) is 0 Å². The summed E-state index contributed by atoms with van der Waals surface area (Å²) in [4.78, 5) is 0. The molecule has 1 aliphatic rings. The van der Waals surface area contributed by atoms with Gasteiger partial charge in [0.2, 0.25) is 0 Å². The minimum atomic E-state index is 0.0671. The molecule has 1 aliphatic heterocycles. The number of hydrogen-bond donors (Lipinski definition) is 2. The van der Waals surface area contributed by atoms with Crippen LogP contribution < -0.4 is 20.3 Å². The highest BCUT2D eigenvalue weighted by Gasteiger charge is 2.33. The van der Waals surface area contributed by atoms with Gasteiger partial charge in [0.1, 0.15) is 11.5 Å². The fourth-order valence-corrected chi connectivity index (χ4v) is 2.07. The van der Waals surface area contributed by atoms with Crippen molar-refractivity contribution in [3.63, 3.8) is 0 Å². The van der Waals surface area contributed by atoms with Gasteiger partial charge in [-0.2, -0.15) is 0 Å². The molecule has 4 heteroatoms. The molecule has 0 radical (unpaired) electrons. The Labute approximate surface area is 95.9 Å². The Morgan fingerprint density at radius 3 is 2.38 bits per heavy atom. The summed E-state index contributed by atoms with van der Waals surface area (Å²) >= 11 is 0. The fraction of sp³-hybridized carbons (Fsp3) is 0.500. The maximum absolute atomic E-state index is 5.43. The van der Waals surface area contributed by atoms with Crippen molar-refractivity contribution in [3.8, 4) is 11.5 Å². The van der Waals surface area contributed by atoms with Crippen LogP contribution in [0.15, 0.2) is 18.2 Å². The highest BCUT2D eigenvalue weighted by molar-refractivity contribution is 5.45. The van der Waals surface area contributed by atoms with Gasteiger partial charge in [-0.05, 0) is 6.07 Å². The maximum atomic E-state index is 5.43. The standard InChI is InChI=1S/C12H18N2O2/c1-12(7-13-14-8-12)10-5-4-9(15-2)6-11(10)16-3/h4-6,13-14H,7-8H2,1-3H3. The predicted molar refractivity (Wildman–Crippen MR) is 62.9 cm³/mol. The summed E-state index contributed by atoms with van der Waals surface area (Å²) < 4.78 is 10.6. The van der Waals surface area contributed by atoms with Crippen LogP contribution in [0.2, 0.25) is 0 Å². The molecule has 0 amide bonds. The van der Waals surface area contributed by atoms with Gasteiger partial charge in [-0.25, -0.2) is 0 Å². The van der Waals surface area contributed by atoms with Gasteiger partial charge in [0.05, 0.1) is 14.2 Å². The normalized spacial score (nSPS) is 18.4. The van der Waals surface area contributed by atoms with Gasteiger partial charge in [0.25, 0.3) is 0 Å². The Hall–Kier alpha value is -1.26. The van der Waals surface area contributed by atoms with E-state index in [-0.39, 0.29) is 5.41 Å². The SMILES string of the molecule is COc1ccc(C2(C)CNNC2)c(OC)c1. The first-order valence-electron chi connectivity index (χ1n) is 5.38. The predicted octanol–water partition coefficient (Wildman–Crippen LogP) is 1.07. The number of ether oxygens (including phenoxy) is 2. The lowest BCUT2D eigenvalue weighted by Gasteiger charge is -2.24. The van der Waals surface area contributed by atoms with Crippen molar-refractivity contribution in [2.45, 2.75) is 12.3 Å². The van der Waals surface area contributed by atoms with Crippen LogP contribution in [0.3, 0.4) is 0 Å². The van der Waals surface area contributed by atoms with Crippen LogP contribution in [0.5, 0.6) is 11.5 Å². The number of hydrazine groups is 1. The Kier molecular flexibility index (Phi) is 3.03. The van der Waals surface area contributed by atoms with Gasteiger partial charge in [0.15, 0.2) is 0 Å². The zero-order chi connectivity index (χ0) is 11.6. The van der Waals surface area contributed by atoms with Crippen molar-refractivity contribution in [1.82, 2.24) is 10.9 Å². The smallest absolute Gasteiger partial charge is 0.126 e. The summed E-state index contributed by atoms with van der Waals surface area (Å²) in [6.07, 6.45) is 0. The molecule has 0 unspecified atom stereocenters. The molecule has 1 aromatic carbocycles. The van der Waals surface area contributed by atoms with Crippen molar-refractivity contribution >= 4 is 0 Å². The first-order chi connectivity index (χ1) is 7.69. The van der Waals surface area contributed by atoms with Gasteiger partial charge >= 0.3 is 0 Å². The van der Waals surface area contributed by atoms with Crippen LogP contribution in [0.1, 0.15) is 12.5 Å². The molecule has 0 aromatic heterocycles. The van der Waals surface area contributed by atoms with E-state index < -0.39 is 0 Å². The number of methoxy groups -OCH3 is 2. The van der Waals surface area contributed by atoms with E-state index in [1.165, 1.54) is 5.56 Å². The number of benzene rings is 1. The van der Waals surface area contributed by atoms with Crippen molar-refractivity contribution in [1.29, 1.82) is 0 Å². The highest BCUT2D eigenvalue weighted by Crippen LogP contribution is 2.35. The van der Waals surface area contributed by atoms with Crippen LogP contribution in [-0.2, 0) is 5.41 Å². The first kappa shape index (κ1) is 11.2. The zero-order valence-electron chi connectivity index (χ0n) is 9.96. The van der Waals surface area contributed by atoms with Crippen LogP contribution in [-0.4, -0.2) is 27.3 Å². The van der Waals surface area contributed by atoms with Crippen molar-refractivity contribution in [2.75, 3.05) is 27.3 Å². The van der Waals surface area contributed by atoms with Crippen LogP contribution in [0.25, 0.3) is 0 Å². The molecule has 1 fully saturated rings. The Bertz CT molecular complexity index is 373. The molecule has 2 rings (SSSR count). The molecule has 4 nitrogen and oxygen atoms in total. The summed E-state index contributed by atoms with van der Waals surface area (Å²) in [6.45, 7) is 4.01. The van der Waals surface area contributed by atoms with E-state index in [9.17, 15) is 0 Å². The second-order valence-electron chi connectivity index (χ2n) is 4.33. The summed E-state index contributed by atoms with van der Waals surface area (Å²) in [5, 5.41) is 0. The van der Waals surface area contributed by atoms with Crippen LogP contribution >= 0.6 is 0 Å². The fourth-order valence-electron chi connectivity index (χ4n) is 2.07. The molecular weight excluding hydrogens is 204 g/mol. The van der Waals surface area contributed by atoms with E-state index in [4.69, 9.17) is 9.47 Å². The van der Waals surface area contributed by atoms with Gasteiger partial charge < -0.3 is 9.47 Å². The lowest BCUT2D eigenvalue weighted by molar-refractivity contribution is 0.381. The van der Waals surface area contributed by atoms with E-state index >= 15 is 0 Å². The third-order valence-electron chi connectivity index (χ3n) is 3.14. The van der Waals surface area contributed by atoms with Gasteiger partial charge in [-0.1, -0.05) is 13.0 Å². The van der Waals surface area contributed by atoms with E-state index in [2.05, 4.69) is 23.8 Å². The second kappa shape index (κ2) is 4.31. The van der Waals surface area contributed by atoms with E-state index in [1.807, 2.05) is 12.1 Å². The highest BCUT2D eigenvalue weighted by atomic mass is 16.5. The molecule has 88 valence electrons. The molecule has 16 heavy (non-hydrogen) atoms. The average molecular weight is 222 g/mol. The second-order valence-corrected chi connectivity index (χ2v) is 4.33. The first-order valence-corrected chi connectivity index (χ1v) is 5.38. The average Bonchev–Trinajstić information content (AvgIpc) is 2.76. The third-order valence-corrected chi connectivity index (χ3v) is 3.14. The molecule has 0 spiro atoms. The number of rotatable bonds is 3. The number of nitrogens with one attached hydrogen (secondary N) is 2. The maximum Gasteiger partial charge on any atom is 0.126 e. The lowest BCUT2D eigenvalue weighted by atomic mass is 9.83. The zero-order valence-corrected chi connectivity index (χ0v) is 9.96. The molecule has 1 heterocycles. The minimum absolute atomic E-state index is 0.0671. The molecular formula is C12H18N2O2. The lowest BCUT2D eigenvalue weighted by Crippen LogP contribution is -2.28. The third kappa shape index (κ3) is 1.86. The Morgan fingerprint density at radius 1 is 1.12 bits per heavy atom. The topological polar surface area (TPSA) is 42.5 Å². The van der Waals surface area contributed by atoms with Gasteiger partial charge in [-0.3, -0.25) is 10.9 Å². The molecule has 2 N–H and O–H groups in total. The van der Waals surface area contributed by atoms with Gasteiger partial charge in [-0.15, -0.1) is 0 Å². The van der Waals surface area contributed by atoms with Crippen molar-refractivity contribution in [2.24, 2.45) is 0 Å².